The Kier molecular flexibility index (Phi) is 5.44. The molecule has 0 bridgehead atoms. The molecule has 98 valence electrons. The van der Waals surface area contributed by atoms with Gasteiger partial charge >= 0.3 is 5.97 Å². The number of carbonyl (C=O) groups is 2. The molecule has 0 radical (unpaired) electrons. The molecule has 0 saturated heterocycles. The van der Waals surface area contributed by atoms with Crippen LogP contribution in [0.25, 0.3) is 10.8 Å². The Labute approximate surface area is 111 Å². The molecule has 0 aliphatic carbocycles. The van der Waals surface area contributed by atoms with Crippen molar-refractivity contribution in [2.75, 3.05) is 7.05 Å². The normalized spacial score (nSPS) is 9.16. The van der Waals surface area contributed by atoms with Gasteiger partial charge in [0, 0.05) is 11.6 Å². The van der Waals surface area contributed by atoms with Crippen LogP contribution >= 0.6 is 0 Å². The summed E-state index contributed by atoms with van der Waals surface area (Å²) in [4.78, 5) is 21.7. The van der Waals surface area contributed by atoms with Gasteiger partial charge < -0.3 is 10.5 Å². The Hall–Kier alpha value is -2.46. The predicted molar refractivity (Wildman–Crippen MR) is 75.3 cm³/mol. The van der Waals surface area contributed by atoms with E-state index in [2.05, 4.69) is 12.3 Å². The van der Waals surface area contributed by atoms with E-state index in [0.717, 1.165) is 23.1 Å². The summed E-state index contributed by atoms with van der Waals surface area (Å²) in [6.07, 6.45) is 1.91. The number of carbonyl (C=O) groups excluding carboxylic acids is 2. The molecule has 2 aromatic rings. The van der Waals surface area contributed by atoms with Gasteiger partial charge in [0.1, 0.15) is 12.0 Å². The van der Waals surface area contributed by atoms with Crippen molar-refractivity contribution in [2.24, 2.45) is 5.73 Å². The molecule has 2 rings (SSSR count). The number of rotatable bonds is 3. The molecular formula is C15H15NO3. The van der Waals surface area contributed by atoms with Crippen LogP contribution in [0.15, 0.2) is 49.1 Å². The third-order valence-corrected chi connectivity index (χ3v) is 2.36. The second kappa shape index (κ2) is 7.08. The van der Waals surface area contributed by atoms with Gasteiger partial charge in [-0.15, -0.1) is 0 Å². The quantitative estimate of drug-likeness (QED) is 0.396. The molecule has 0 aromatic heterocycles. The Bertz CT molecular complexity index is 605. The predicted octanol–water partition coefficient (Wildman–Crippen LogP) is 2.32. The summed E-state index contributed by atoms with van der Waals surface area (Å²) in [5, 5.41) is 1.83. The minimum absolute atomic E-state index is 0.459. The van der Waals surface area contributed by atoms with E-state index in [-0.39, 0.29) is 0 Å². The van der Waals surface area contributed by atoms with Crippen molar-refractivity contribution in [3.63, 3.8) is 0 Å². The Morgan fingerprint density at radius 2 is 1.79 bits per heavy atom. The van der Waals surface area contributed by atoms with E-state index in [4.69, 9.17) is 4.74 Å². The van der Waals surface area contributed by atoms with Gasteiger partial charge in [0.2, 0.25) is 0 Å². The number of nitrogens with two attached hydrogens (primary N) is 1. The lowest BCUT2D eigenvalue weighted by molar-refractivity contribution is -0.128. The van der Waals surface area contributed by atoms with Gasteiger partial charge in [-0.05, 0) is 36.0 Å². The zero-order chi connectivity index (χ0) is 14.3. The van der Waals surface area contributed by atoms with Gasteiger partial charge in [0.25, 0.3) is 0 Å². The van der Waals surface area contributed by atoms with Gasteiger partial charge in [0.15, 0.2) is 0 Å². The summed E-state index contributed by atoms with van der Waals surface area (Å²) in [7, 11) is 1.50. The molecule has 0 amide bonds. The minimum Gasteiger partial charge on any atom is -0.423 e. The maximum Gasteiger partial charge on any atom is 0.335 e. The molecule has 0 heterocycles. The van der Waals surface area contributed by atoms with Crippen molar-refractivity contribution in [3.8, 4) is 5.75 Å². The largest absolute Gasteiger partial charge is 0.423 e. The first-order chi connectivity index (χ1) is 9.22. The third-order valence-electron chi connectivity index (χ3n) is 2.36. The van der Waals surface area contributed by atoms with E-state index in [9.17, 15) is 9.59 Å². The van der Waals surface area contributed by atoms with E-state index >= 15 is 0 Å². The van der Waals surface area contributed by atoms with E-state index in [1.165, 1.54) is 7.05 Å². The maximum atomic E-state index is 11.0. The molecule has 0 atom stereocenters. The molecule has 2 N–H and O–H groups in total. The monoisotopic (exact) mass is 257 g/mol. The number of hydrogen-bond acceptors (Lipinski definition) is 4. The highest BCUT2D eigenvalue weighted by atomic mass is 16.5. The van der Waals surface area contributed by atoms with Crippen molar-refractivity contribution in [2.45, 2.75) is 0 Å². The number of benzene rings is 2. The van der Waals surface area contributed by atoms with Gasteiger partial charge in [-0.25, -0.2) is 4.79 Å². The highest BCUT2D eigenvalue weighted by Crippen LogP contribution is 2.21. The van der Waals surface area contributed by atoms with Gasteiger partial charge in [-0.2, -0.15) is 0 Å². The van der Waals surface area contributed by atoms with Crippen LogP contribution in [-0.4, -0.2) is 19.3 Å². The van der Waals surface area contributed by atoms with Crippen LogP contribution in [0.1, 0.15) is 10.4 Å². The molecule has 0 aliphatic heterocycles. The maximum absolute atomic E-state index is 11.0. The topological polar surface area (TPSA) is 69.4 Å². The van der Waals surface area contributed by atoms with Crippen LogP contribution in [-0.2, 0) is 4.79 Å². The van der Waals surface area contributed by atoms with Crippen molar-refractivity contribution < 1.29 is 14.3 Å². The van der Waals surface area contributed by atoms with E-state index in [0.29, 0.717) is 11.3 Å². The summed E-state index contributed by atoms with van der Waals surface area (Å²) < 4.78 is 5.00. The lowest BCUT2D eigenvalue weighted by Crippen LogP contribution is -2.02. The van der Waals surface area contributed by atoms with Gasteiger partial charge in [0.05, 0.1) is 0 Å². The lowest BCUT2D eigenvalue weighted by Gasteiger charge is -2.03. The number of esters is 1. The number of aldehydes is 1. The molecule has 4 heteroatoms. The van der Waals surface area contributed by atoms with Crippen molar-refractivity contribution in [1.29, 1.82) is 0 Å². The van der Waals surface area contributed by atoms with Crippen LogP contribution in [0.2, 0.25) is 0 Å². The molecule has 0 fully saturated rings. The Morgan fingerprint density at radius 1 is 1.16 bits per heavy atom. The highest BCUT2D eigenvalue weighted by Gasteiger charge is 2.02. The average Bonchev–Trinajstić information content (AvgIpc) is 2.48. The number of fused-ring (bicyclic) bond motifs is 1. The summed E-state index contributed by atoms with van der Waals surface area (Å²) in [6.45, 7) is 3.33. The van der Waals surface area contributed by atoms with E-state index in [1.54, 1.807) is 30.3 Å². The molecule has 4 nitrogen and oxygen atoms in total. The fraction of sp³-hybridized carbons (Fsp3) is 0.0667. The molecule has 0 spiro atoms. The molecule has 19 heavy (non-hydrogen) atoms. The molecule has 2 aromatic carbocycles. The fourth-order valence-electron chi connectivity index (χ4n) is 1.54. The Balaban J connectivity index is 0.000000861. The minimum atomic E-state index is -0.492. The second-order valence-corrected chi connectivity index (χ2v) is 3.51. The molecule has 0 saturated carbocycles. The first-order valence-electron chi connectivity index (χ1n) is 5.64. The smallest absolute Gasteiger partial charge is 0.335 e. The summed E-state index contributed by atoms with van der Waals surface area (Å²) in [5.74, 6) is -0.0323. The summed E-state index contributed by atoms with van der Waals surface area (Å²) in [5.41, 5.74) is 5.12. The third kappa shape index (κ3) is 3.76. The molecule has 0 aliphatic rings. The van der Waals surface area contributed by atoms with Gasteiger partial charge in [-0.1, -0.05) is 24.8 Å². The van der Waals surface area contributed by atoms with E-state index in [1.807, 2.05) is 6.07 Å². The highest BCUT2D eigenvalue weighted by molar-refractivity contribution is 5.90. The second-order valence-electron chi connectivity index (χ2n) is 3.51. The zero-order valence-electron chi connectivity index (χ0n) is 10.6. The zero-order valence-corrected chi connectivity index (χ0v) is 10.6. The standard InChI is InChI=1S/C14H10O3.CH5N/c1-2-14(16)17-13-6-5-11-7-10(9-15)3-4-12(11)8-13;1-2/h2-9H,1H2;2H2,1H3. The average molecular weight is 257 g/mol. The first-order valence-corrected chi connectivity index (χ1v) is 5.64. The van der Waals surface area contributed by atoms with Gasteiger partial charge in [-0.3, -0.25) is 4.79 Å². The van der Waals surface area contributed by atoms with E-state index < -0.39 is 5.97 Å². The number of ether oxygens (including phenoxy) is 1. The van der Waals surface area contributed by atoms with Crippen LogP contribution in [0, 0.1) is 0 Å². The number of hydrogen-bond donors (Lipinski definition) is 1. The Morgan fingerprint density at radius 3 is 2.42 bits per heavy atom. The van der Waals surface area contributed by atoms with Crippen LogP contribution in [0.5, 0.6) is 5.75 Å². The van der Waals surface area contributed by atoms with Crippen molar-refractivity contribution in [1.82, 2.24) is 0 Å². The summed E-state index contributed by atoms with van der Waals surface area (Å²) >= 11 is 0. The van der Waals surface area contributed by atoms with Crippen molar-refractivity contribution >= 4 is 23.0 Å². The van der Waals surface area contributed by atoms with Crippen LogP contribution < -0.4 is 10.5 Å². The van der Waals surface area contributed by atoms with Crippen LogP contribution in [0.3, 0.4) is 0 Å². The van der Waals surface area contributed by atoms with Crippen molar-refractivity contribution in [3.05, 3.63) is 54.6 Å². The molecule has 0 unspecified atom stereocenters. The SMILES string of the molecule is C=CC(=O)Oc1ccc2cc(C=O)ccc2c1.CN. The first kappa shape index (κ1) is 14.6. The fourth-order valence-corrected chi connectivity index (χ4v) is 1.54. The van der Waals surface area contributed by atoms with Crippen LogP contribution in [0.4, 0.5) is 0 Å². The molecular weight excluding hydrogens is 242 g/mol. The lowest BCUT2D eigenvalue weighted by atomic mass is 10.1. The summed E-state index contributed by atoms with van der Waals surface area (Å²) in [6, 6.07) is 10.5.